The van der Waals surface area contributed by atoms with Crippen LogP contribution in [0.15, 0.2) is 48.5 Å². The molecule has 1 aromatic heterocycles. The quantitative estimate of drug-likeness (QED) is 0.688. The number of piperidine rings is 1. The molecule has 0 radical (unpaired) electrons. The molecule has 1 atom stereocenters. The summed E-state index contributed by atoms with van der Waals surface area (Å²) in [5.41, 5.74) is 1.97. The fraction of sp³-hybridized carbons (Fsp3) is 0.250. The van der Waals surface area contributed by atoms with Crippen molar-refractivity contribution >= 4 is 29.1 Å². The van der Waals surface area contributed by atoms with E-state index < -0.39 is 0 Å². The Morgan fingerprint density at radius 2 is 2.00 bits per heavy atom. The average Bonchev–Trinajstić information content (AvgIpc) is 3.29. The molecule has 2 amide bonds. The number of carbonyl (C=O) groups is 2. The number of rotatable bonds is 4. The lowest BCUT2D eigenvalue weighted by Gasteiger charge is -2.32. The highest BCUT2D eigenvalue weighted by Crippen LogP contribution is 2.23. The first-order valence-corrected chi connectivity index (χ1v) is 9.67. The summed E-state index contributed by atoms with van der Waals surface area (Å²) in [5, 5.41) is 17.4. The summed E-state index contributed by atoms with van der Waals surface area (Å²) in [5.74, 6) is -0.00512. The third kappa shape index (κ3) is 4.43. The number of nitrogens with one attached hydrogen (secondary N) is 2. The Bertz CT molecular complexity index is 1010. The number of H-pyrrole nitrogens is 1. The number of amides is 2. The number of halogens is 1. The van der Waals surface area contributed by atoms with Gasteiger partial charge in [0.25, 0.3) is 5.91 Å². The summed E-state index contributed by atoms with van der Waals surface area (Å²) in [6.45, 7) is 1.02. The molecule has 1 saturated heterocycles. The molecule has 2 heterocycles. The zero-order valence-electron chi connectivity index (χ0n) is 15.5. The Balaban J connectivity index is 1.42. The average molecular weight is 411 g/mol. The summed E-state index contributed by atoms with van der Waals surface area (Å²) in [6.07, 6.45) is 1.51. The van der Waals surface area contributed by atoms with Crippen LogP contribution >= 0.6 is 11.6 Å². The molecule has 2 aromatic carbocycles. The standard InChI is InChI=1S/C20H19ClN6O2/c21-16-8-6-13(7-9-16)20(29)27-10-2-4-15(12-27)19(28)22-17-5-1-3-14(11-17)18-23-25-26-24-18/h1,3,5-9,11,15H,2,4,10,12H2,(H,22,28)(H,23,24,25,26)/t15-/m0/s1. The highest BCUT2D eigenvalue weighted by atomic mass is 35.5. The molecule has 1 aliphatic heterocycles. The monoisotopic (exact) mass is 410 g/mol. The summed E-state index contributed by atoms with van der Waals surface area (Å²) >= 11 is 5.90. The van der Waals surface area contributed by atoms with Crippen molar-refractivity contribution in [3.8, 4) is 11.4 Å². The first kappa shape index (κ1) is 19.1. The molecule has 1 fully saturated rings. The Hall–Kier alpha value is -3.26. The van der Waals surface area contributed by atoms with Crippen molar-refractivity contribution in [2.45, 2.75) is 12.8 Å². The topological polar surface area (TPSA) is 104 Å². The predicted octanol–water partition coefficient (Wildman–Crippen LogP) is 3.01. The van der Waals surface area contributed by atoms with Crippen LogP contribution in [0.25, 0.3) is 11.4 Å². The Morgan fingerprint density at radius 3 is 2.76 bits per heavy atom. The summed E-state index contributed by atoms with van der Waals surface area (Å²) in [6, 6.07) is 14.1. The van der Waals surface area contributed by atoms with Gasteiger partial charge in [0.2, 0.25) is 11.7 Å². The predicted molar refractivity (Wildman–Crippen MR) is 108 cm³/mol. The number of carbonyl (C=O) groups excluding carboxylic acids is 2. The molecule has 4 rings (SSSR count). The molecular formula is C20H19ClN6O2. The van der Waals surface area contributed by atoms with Crippen LogP contribution in [0.4, 0.5) is 5.69 Å². The third-order valence-corrected chi connectivity index (χ3v) is 5.16. The van der Waals surface area contributed by atoms with Gasteiger partial charge in [0, 0.05) is 34.9 Å². The van der Waals surface area contributed by atoms with Crippen LogP contribution in [0.3, 0.4) is 0 Å². The van der Waals surface area contributed by atoms with E-state index in [9.17, 15) is 9.59 Å². The molecule has 0 spiro atoms. The van der Waals surface area contributed by atoms with Crippen molar-refractivity contribution in [1.29, 1.82) is 0 Å². The summed E-state index contributed by atoms with van der Waals surface area (Å²) < 4.78 is 0. The van der Waals surface area contributed by atoms with Crippen molar-refractivity contribution in [1.82, 2.24) is 25.5 Å². The van der Waals surface area contributed by atoms with Crippen molar-refractivity contribution in [3.63, 3.8) is 0 Å². The molecule has 9 heteroatoms. The SMILES string of the molecule is O=C(Nc1cccc(-c2nn[nH]n2)c1)[C@H]1CCCN(C(=O)c2ccc(Cl)cc2)C1. The summed E-state index contributed by atoms with van der Waals surface area (Å²) in [7, 11) is 0. The number of hydrogen-bond acceptors (Lipinski definition) is 5. The largest absolute Gasteiger partial charge is 0.338 e. The van der Waals surface area contributed by atoms with Crippen LogP contribution in [-0.2, 0) is 4.79 Å². The van der Waals surface area contributed by atoms with E-state index in [4.69, 9.17) is 11.6 Å². The maximum atomic E-state index is 12.8. The van der Waals surface area contributed by atoms with Gasteiger partial charge in [-0.15, -0.1) is 10.2 Å². The van der Waals surface area contributed by atoms with E-state index in [1.54, 1.807) is 41.3 Å². The molecule has 0 aliphatic carbocycles. The van der Waals surface area contributed by atoms with Crippen LogP contribution < -0.4 is 5.32 Å². The number of aromatic nitrogens is 4. The maximum absolute atomic E-state index is 12.8. The number of hydrogen-bond donors (Lipinski definition) is 2. The molecule has 29 heavy (non-hydrogen) atoms. The number of nitrogens with zero attached hydrogens (tertiary/aromatic N) is 4. The number of tetrazole rings is 1. The van der Waals surface area contributed by atoms with Gasteiger partial charge in [-0.1, -0.05) is 23.7 Å². The van der Waals surface area contributed by atoms with Gasteiger partial charge in [0.15, 0.2) is 0 Å². The zero-order valence-corrected chi connectivity index (χ0v) is 16.3. The molecule has 0 saturated carbocycles. The molecule has 148 valence electrons. The van der Waals surface area contributed by atoms with Gasteiger partial charge in [0.05, 0.1) is 5.92 Å². The van der Waals surface area contributed by atoms with Gasteiger partial charge in [-0.05, 0) is 54.5 Å². The first-order chi connectivity index (χ1) is 14.1. The Morgan fingerprint density at radius 1 is 1.17 bits per heavy atom. The molecular weight excluding hydrogens is 392 g/mol. The number of benzene rings is 2. The first-order valence-electron chi connectivity index (χ1n) is 9.30. The fourth-order valence-corrected chi connectivity index (χ4v) is 3.54. The zero-order chi connectivity index (χ0) is 20.2. The van der Waals surface area contributed by atoms with E-state index in [0.29, 0.717) is 35.2 Å². The molecule has 3 aromatic rings. The molecule has 8 nitrogen and oxygen atoms in total. The van der Waals surface area contributed by atoms with Crippen molar-refractivity contribution in [3.05, 3.63) is 59.1 Å². The van der Waals surface area contributed by atoms with Crippen molar-refractivity contribution in [2.24, 2.45) is 5.92 Å². The van der Waals surface area contributed by atoms with Crippen LogP contribution in [-0.4, -0.2) is 50.4 Å². The minimum Gasteiger partial charge on any atom is -0.338 e. The van der Waals surface area contributed by atoms with E-state index in [-0.39, 0.29) is 17.7 Å². The third-order valence-electron chi connectivity index (χ3n) is 4.90. The molecule has 2 N–H and O–H groups in total. The van der Waals surface area contributed by atoms with Crippen LogP contribution in [0.2, 0.25) is 5.02 Å². The van der Waals surface area contributed by atoms with Crippen LogP contribution in [0, 0.1) is 5.92 Å². The van der Waals surface area contributed by atoms with Gasteiger partial charge in [-0.2, -0.15) is 5.21 Å². The Labute approximate surface area is 172 Å². The van der Waals surface area contributed by atoms with Crippen molar-refractivity contribution < 1.29 is 9.59 Å². The van der Waals surface area contributed by atoms with Gasteiger partial charge < -0.3 is 10.2 Å². The lowest BCUT2D eigenvalue weighted by atomic mass is 9.96. The molecule has 0 unspecified atom stereocenters. The van der Waals surface area contributed by atoms with Gasteiger partial charge >= 0.3 is 0 Å². The highest BCUT2D eigenvalue weighted by molar-refractivity contribution is 6.30. The lowest BCUT2D eigenvalue weighted by Crippen LogP contribution is -2.43. The number of aromatic amines is 1. The van der Waals surface area contributed by atoms with Crippen molar-refractivity contribution in [2.75, 3.05) is 18.4 Å². The van der Waals surface area contributed by atoms with Gasteiger partial charge in [-0.3, -0.25) is 9.59 Å². The van der Waals surface area contributed by atoms with E-state index in [2.05, 4.69) is 25.9 Å². The second-order valence-corrected chi connectivity index (χ2v) is 7.34. The minimum absolute atomic E-state index is 0.0849. The van der Waals surface area contributed by atoms with E-state index in [1.165, 1.54) is 0 Å². The smallest absolute Gasteiger partial charge is 0.253 e. The number of likely N-dealkylation sites (tertiary alicyclic amines) is 1. The van der Waals surface area contributed by atoms with Gasteiger partial charge in [0.1, 0.15) is 0 Å². The fourth-order valence-electron chi connectivity index (χ4n) is 3.42. The van der Waals surface area contributed by atoms with Crippen LogP contribution in [0.1, 0.15) is 23.2 Å². The lowest BCUT2D eigenvalue weighted by molar-refractivity contribution is -0.121. The van der Waals surface area contributed by atoms with Gasteiger partial charge in [-0.25, -0.2) is 0 Å². The summed E-state index contributed by atoms with van der Waals surface area (Å²) in [4.78, 5) is 27.3. The molecule has 0 bridgehead atoms. The second-order valence-electron chi connectivity index (χ2n) is 6.90. The van der Waals surface area contributed by atoms with E-state index in [1.807, 2.05) is 12.1 Å². The Kier molecular flexibility index (Phi) is 5.53. The maximum Gasteiger partial charge on any atom is 0.253 e. The minimum atomic E-state index is -0.270. The van der Waals surface area contributed by atoms with E-state index >= 15 is 0 Å². The normalized spacial score (nSPS) is 16.4. The van der Waals surface area contributed by atoms with E-state index in [0.717, 1.165) is 18.4 Å². The highest BCUT2D eigenvalue weighted by Gasteiger charge is 2.29. The second kappa shape index (κ2) is 8.40. The van der Waals surface area contributed by atoms with Crippen LogP contribution in [0.5, 0.6) is 0 Å². The number of anilines is 1. The molecule has 1 aliphatic rings.